The van der Waals surface area contributed by atoms with Gasteiger partial charge in [0.1, 0.15) is 18.4 Å². The monoisotopic (exact) mass is 589 g/mol. The number of piperazine rings is 1. The van der Waals surface area contributed by atoms with Gasteiger partial charge in [-0.25, -0.2) is 18.6 Å². The highest BCUT2D eigenvalue weighted by Crippen LogP contribution is 2.22. The van der Waals surface area contributed by atoms with Crippen LogP contribution in [0.4, 0.5) is 0 Å². The SMILES string of the molecule is Cc1cc(COc2ccc(S(=O)(=O)NC[C@@H](C(=O)NO)N3CCN(Cc4ccccc4)CC3)cc2)c2ccccc2n1. The minimum absolute atomic E-state index is 0.0518. The van der Waals surface area contributed by atoms with E-state index in [-0.39, 0.29) is 11.4 Å². The van der Waals surface area contributed by atoms with Gasteiger partial charge in [-0.3, -0.25) is 24.8 Å². The molecule has 0 saturated carbocycles. The largest absolute Gasteiger partial charge is 0.489 e. The number of pyridine rings is 1. The Morgan fingerprint density at radius 3 is 2.38 bits per heavy atom. The third-order valence-electron chi connectivity index (χ3n) is 7.43. The van der Waals surface area contributed by atoms with Gasteiger partial charge in [-0.15, -0.1) is 0 Å². The lowest BCUT2D eigenvalue weighted by molar-refractivity contribution is -0.135. The van der Waals surface area contributed by atoms with Crippen LogP contribution in [0.5, 0.6) is 5.75 Å². The topological polar surface area (TPSA) is 124 Å². The summed E-state index contributed by atoms with van der Waals surface area (Å²) in [5, 5.41) is 10.3. The highest BCUT2D eigenvalue weighted by molar-refractivity contribution is 7.89. The molecule has 1 aromatic heterocycles. The van der Waals surface area contributed by atoms with Crippen LogP contribution in [-0.2, 0) is 28.0 Å². The van der Waals surface area contributed by atoms with Gasteiger partial charge in [-0.1, -0.05) is 48.5 Å². The van der Waals surface area contributed by atoms with Gasteiger partial charge in [0.25, 0.3) is 5.91 Å². The van der Waals surface area contributed by atoms with E-state index < -0.39 is 22.0 Å². The number of carbonyl (C=O) groups excluding carboxylic acids is 1. The van der Waals surface area contributed by atoms with Crippen LogP contribution >= 0.6 is 0 Å². The average molecular weight is 590 g/mol. The molecule has 220 valence electrons. The van der Waals surface area contributed by atoms with Crippen molar-refractivity contribution in [2.75, 3.05) is 32.7 Å². The molecule has 11 heteroatoms. The third kappa shape index (κ3) is 7.30. The number of para-hydroxylation sites is 1. The second kappa shape index (κ2) is 13.4. The van der Waals surface area contributed by atoms with Crippen LogP contribution in [-0.4, -0.2) is 73.1 Å². The number of benzene rings is 3. The molecule has 3 aromatic carbocycles. The van der Waals surface area contributed by atoms with Gasteiger partial charge >= 0.3 is 0 Å². The molecule has 4 aromatic rings. The first-order chi connectivity index (χ1) is 20.3. The summed E-state index contributed by atoms with van der Waals surface area (Å²) in [6, 6.07) is 25.3. The van der Waals surface area contributed by atoms with Crippen molar-refractivity contribution in [3.05, 3.63) is 102 Å². The molecule has 5 rings (SSSR count). The lowest BCUT2D eigenvalue weighted by atomic mass is 10.1. The number of aryl methyl sites for hydroxylation is 1. The first-order valence-electron chi connectivity index (χ1n) is 13.8. The van der Waals surface area contributed by atoms with Crippen LogP contribution in [0.25, 0.3) is 10.9 Å². The fourth-order valence-corrected chi connectivity index (χ4v) is 6.24. The van der Waals surface area contributed by atoms with Crippen molar-refractivity contribution in [2.24, 2.45) is 0 Å². The molecule has 0 radical (unpaired) electrons. The Kier molecular flexibility index (Phi) is 9.45. The maximum atomic E-state index is 13.1. The molecule has 1 amide bonds. The zero-order chi connectivity index (χ0) is 29.5. The molecule has 2 heterocycles. The number of nitrogens with one attached hydrogen (secondary N) is 2. The standard InChI is InChI=1S/C31H35N5O5S/c1-23-19-25(28-9-5-6-10-29(28)33-23)22-41-26-11-13-27(14-12-26)42(39,40)32-20-30(31(37)34-38)36-17-15-35(16-18-36)21-24-7-3-2-4-8-24/h2-14,19,30,32,38H,15-18,20-22H2,1H3,(H,34,37)/t30-/m0/s1. The van der Waals surface area contributed by atoms with E-state index in [0.717, 1.165) is 28.7 Å². The van der Waals surface area contributed by atoms with Gasteiger partial charge in [-0.2, -0.15) is 0 Å². The van der Waals surface area contributed by atoms with E-state index in [1.807, 2.05) is 60.4 Å². The van der Waals surface area contributed by atoms with Crippen molar-refractivity contribution in [2.45, 2.75) is 31.0 Å². The molecular weight excluding hydrogens is 554 g/mol. The van der Waals surface area contributed by atoms with Crippen molar-refractivity contribution in [1.82, 2.24) is 25.0 Å². The van der Waals surface area contributed by atoms with Gasteiger partial charge in [0.05, 0.1) is 10.4 Å². The van der Waals surface area contributed by atoms with Gasteiger partial charge in [-0.05, 0) is 48.9 Å². The number of ether oxygens (including phenoxy) is 1. The molecule has 0 bridgehead atoms. The normalized spacial score (nSPS) is 15.4. The first kappa shape index (κ1) is 29.6. The minimum Gasteiger partial charge on any atom is -0.489 e. The Bertz CT molecular complexity index is 1610. The van der Waals surface area contributed by atoms with Gasteiger partial charge < -0.3 is 4.74 Å². The maximum absolute atomic E-state index is 13.1. The van der Waals surface area contributed by atoms with Crippen molar-refractivity contribution < 1.29 is 23.2 Å². The van der Waals surface area contributed by atoms with Crippen molar-refractivity contribution >= 4 is 26.8 Å². The predicted octanol–water partition coefficient (Wildman–Crippen LogP) is 3.09. The highest BCUT2D eigenvalue weighted by atomic mass is 32.2. The summed E-state index contributed by atoms with van der Waals surface area (Å²) in [5.41, 5.74) is 5.67. The van der Waals surface area contributed by atoms with Crippen LogP contribution in [0.2, 0.25) is 0 Å². The zero-order valence-corrected chi connectivity index (χ0v) is 24.3. The predicted molar refractivity (Wildman–Crippen MR) is 159 cm³/mol. The van der Waals surface area contributed by atoms with E-state index in [0.29, 0.717) is 38.5 Å². The smallest absolute Gasteiger partial charge is 0.262 e. The lowest BCUT2D eigenvalue weighted by Crippen LogP contribution is -2.57. The molecule has 3 N–H and O–H groups in total. The number of hydroxylamine groups is 1. The van der Waals surface area contributed by atoms with Crippen molar-refractivity contribution in [1.29, 1.82) is 0 Å². The number of carbonyl (C=O) groups is 1. The number of aromatic nitrogens is 1. The van der Waals surface area contributed by atoms with E-state index in [4.69, 9.17) is 4.74 Å². The van der Waals surface area contributed by atoms with E-state index in [1.165, 1.54) is 17.7 Å². The maximum Gasteiger partial charge on any atom is 0.262 e. The molecule has 42 heavy (non-hydrogen) atoms. The molecule has 1 aliphatic heterocycles. The molecule has 1 atom stereocenters. The van der Waals surface area contributed by atoms with Crippen LogP contribution < -0.4 is 14.9 Å². The van der Waals surface area contributed by atoms with Gasteiger partial charge in [0.2, 0.25) is 10.0 Å². The number of fused-ring (bicyclic) bond motifs is 1. The first-order valence-corrected chi connectivity index (χ1v) is 15.3. The Morgan fingerprint density at radius 2 is 1.67 bits per heavy atom. The second-order valence-corrected chi connectivity index (χ2v) is 12.1. The number of nitrogens with zero attached hydrogens (tertiary/aromatic N) is 3. The van der Waals surface area contributed by atoms with Crippen LogP contribution in [0.1, 0.15) is 16.8 Å². The summed E-state index contributed by atoms with van der Waals surface area (Å²) in [5.74, 6) is -0.129. The van der Waals surface area contributed by atoms with E-state index in [1.54, 1.807) is 17.6 Å². The number of rotatable bonds is 11. The summed E-state index contributed by atoms with van der Waals surface area (Å²) < 4.78 is 34.7. The molecule has 1 aliphatic rings. The molecular formula is C31H35N5O5S. The van der Waals surface area contributed by atoms with Crippen molar-refractivity contribution in [3.8, 4) is 5.75 Å². The van der Waals surface area contributed by atoms with E-state index in [2.05, 4.69) is 26.7 Å². The van der Waals surface area contributed by atoms with Gasteiger partial charge in [0, 0.05) is 55.9 Å². The van der Waals surface area contributed by atoms with Crippen molar-refractivity contribution in [3.63, 3.8) is 0 Å². The molecule has 1 fully saturated rings. The molecule has 1 saturated heterocycles. The molecule has 10 nitrogen and oxygen atoms in total. The van der Waals surface area contributed by atoms with E-state index >= 15 is 0 Å². The Balaban J connectivity index is 1.17. The number of sulfonamides is 1. The Hall–Kier alpha value is -3.87. The summed E-state index contributed by atoms with van der Waals surface area (Å²) in [7, 11) is -3.92. The minimum atomic E-state index is -3.92. The second-order valence-electron chi connectivity index (χ2n) is 10.3. The summed E-state index contributed by atoms with van der Waals surface area (Å²) in [6.07, 6.45) is 0. The molecule has 0 unspecified atom stereocenters. The Labute approximate surface area is 245 Å². The highest BCUT2D eigenvalue weighted by Gasteiger charge is 2.30. The average Bonchev–Trinajstić information content (AvgIpc) is 3.01. The molecule has 0 spiro atoms. The molecule has 0 aliphatic carbocycles. The third-order valence-corrected chi connectivity index (χ3v) is 8.87. The fourth-order valence-electron chi connectivity index (χ4n) is 5.20. The van der Waals surface area contributed by atoms with Crippen LogP contribution in [0.15, 0.2) is 89.8 Å². The van der Waals surface area contributed by atoms with Crippen LogP contribution in [0, 0.1) is 6.92 Å². The summed E-state index contributed by atoms with van der Waals surface area (Å²) in [6.45, 7) is 5.42. The van der Waals surface area contributed by atoms with Crippen LogP contribution in [0.3, 0.4) is 0 Å². The number of hydrogen-bond acceptors (Lipinski definition) is 8. The summed E-state index contributed by atoms with van der Waals surface area (Å²) in [4.78, 5) is 21.3. The number of amides is 1. The zero-order valence-electron chi connectivity index (χ0n) is 23.4. The van der Waals surface area contributed by atoms with Gasteiger partial charge in [0.15, 0.2) is 0 Å². The van der Waals surface area contributed by atoms with E-state index in [9.17, 15) is 18.4 Å². The lowest BCUT2D eigenvalue weighted by Gasteiger charge is -2.38. The quantitative estimate of drug-likeness (QED) is 0.180. The fraction of sp³-hybridized carbons (Fsp3) is 0.290. The number of hydrogen-bond donors (Lipinski definition) is 3. The Morgan fingerprint density at radius 1 is 0.976 bits per heavy atom. The summed E-state index contributed by atoms with van der Waals surface area (Å²) >= 11 is 0.